The highest BCUT2D eigenvalue weighted by molar-refractivity contribution is 5.45. The number of hydrogen-bond acceptors (Lipinski definition) is 4. The van der Waals surface area contributed by atoms with Gasteiger partial charge in [-0.05, 0) is 45.4 Å². The van der Waals surface area contributed by atoms with Gasteiger partial charge in [0, 0.05) is 0 Å². The molecule has 3 aromatic rings. The molecule has 0 saturated heterocycles. The average molecular weight is 281 g/mol. The average Bonchev–Trinajstić information content (AvgIpc) is 2.79. The standard InChI is InChI=1S/C16H19N5/c1-10-7-11(2)9-14(8-10)12(3)17-15-5-6-16-19-18-13(4)21(16)20-15/h5-9,12H,1-4H3,(H,17,20). The number of benzene rings is 1. The van der Waals surface area contributed by atoms with Crippen LogP contribution in [-0.2, 0) is 0 Å². The van der Waals surface area contributed by atoms with E-state index in [-0.39, 0.29) is 6.04 Å². The molecular weight excluding hydrogens is 262 g/mol. The summed E-state index contributed by atoms with van der Waals surface area (Å²) in [4.78, 5) is 0. The van der Waals surface area contributed by atoms with Gasteiger partial charge in [-0.25, -0.2) is 0 Å². The third kappa shape index (κ3) is 2.72. The van der Waals surface area contributed by atoms with Gasteiger partial charge in [0.2, 0.25) is 0 Å². The van der Waals surface area contributed by atoms with E-state index in [2.05, 4.69) is 59.6 Å². The van der Waals surface area contributed by atoms with Gasteiger partial charge in [-0.2, -0.15) is 4.52 Å². The highest BCUT2D eigenvalue weighted by atomic mass is 15.4. The predicted octanol–water partition coefficient (Wildman–Crippen LogP) is 3.22. The molecule has 5 heteroatoms. The Balaban J connectivity index is 1.88. The fourth-order valence-electron chi connectivity index (χ4n) is 2.54. The van der Waals surface area contributed by atoms with Gasteiger partial charge < -0.3 is 5.32 Å². The largest absolute Gasteiger partial charge is 0.362 e. The second-order valence-electron chi connectivity index (χ2n) is 5.52. The molecule has 5 nitrogen and oxygen atoms in total. The number of nitrogens with one attached hydrogen (secondary N) is 1. The van der Waals surface area contributed by atoms with Crippen molar-refractivity contribution < 1.29 is 0 Å². The van der Waals surface area contributed by atoms with E-state index < -0.39 is 0 Å². The van der Waals surface area contributed by atoms with E-state index >= 15 is 0 Å². The van der Waals surface area contributed by atoms with E-state index in [9.17, 15) is 0 Å². The minimum Gasteiger partial charge on any atom is -0.362 e. The zero-order valence-electron chi connectivity index (χ0n) is 12.8. The van der Waals surface area contributed by atoms with Crippen molar-refractivity contribution in [3.05, 3.63) is 52.8 Å². The first kappa shape index (κ1) is 13.5. The lowest BCUT2D eigenvalue weighted by atomic mass is 10.0. The van der Waals surface area contributed by atoms with Crippen molar-refractivity contribution in [2.75, 3.05) is 5.32 Å². The van der Waals surface area contributed by atoms with Crippen LogP contribution < -0.4 is 5.32 Å². The van der Waals surface area contributed by atoms with E-state index in [0.29, 0.717) is 0 Å². The summed E-state index contributed by atoms with van der Waals surface area (Å²) in [6.45, 7) is 8.27. The van der Waals surface area contributed by atoms with Crippen LogP contribution in [0.1, 0.15) is 35.5 Å². The lowest BCUT2D eigenvalue weighted by molar-refractivity contribution is 0.828. The molecule has 1 aromatic carbocycles. The number of hydrogen-bond donors (Lipinski definition) is 1. The fourth-order valence-corrected chi connectivity index (χ4v) is 2.54. The zero-order valence-corrected chi connectivity index (χ0v) is 12.8. The molecular formula is C16H19N5. The first-order valence-corrected chi connectivity index (χ1v) is 7.07. The van der Waals surface area contributed by atoms with Crippen molar-refractivity contribution in [2.24, 2.45) is 0 Å². The molecule has 0 aliphatic rings. The Labute approximate surface area is 124 Å². The Morgan fingerprint density at radius 1 is 1.00 bits per heavy atom. The molecule has 2 aromatic heterocycles. The van der Waals surface area contributed by atoms with Crippen LogP contribution in [0.4, 0.5) is 5.82 Å². The minimum atomic E-state index is 0.185. The van der Waals surface area contributed by atoms with Crippen LogP contribution in [0.2, 0.25) is 0 Å². The molecule has 0 aliphatic carbocycles. The minimum absolute atomic E-state index is 0.185. The molecule has 1 unspecified atom stereocenters. The van der Waals surface area contributed by atoms with Gasteiger partial charge in [0.05, 0.1) is 6.04 Å². The van der Waals surface area contributed by atoms with Gasteiger partial charge in [0.15, 0.2) is 11.5 Å². The molecule has 1 atom stereocenters. The number of fused-ring (bicyclic) bond motifs is 1. The van der Waals surface area contributed by atoms with E-state index in [1.165, 1.54) is 16.7 Å². The van der Waals surface area contributed by atoms with Crippen LogP contribution in [0.5, 0.6) is 0 Å². The number of aromatic nitrogens is 4. The molecule has 21 heavy (non-hydrogen) atoms. The van der Waals surface area contributed by atoms with Gasteiger partial charge in [-0.15, -0.1) is 15.3 Å². The Kier molecular flexibility index (Phi) is 3.33. The van der Waals surface area contributed by atoms with E-state index in [1.54, 1.807) is 4.52 Å². The summed E-state index contributed by atoms with van der Waals surface area (Å²) >= 11 is 0. The Morgan fingerprint density at radius 3 is 2.43 bits per heavy atom. The molecule has 0 spiro atoms. The molecule has 2 heterocycles. The van der Waals surface area contributed by atoms with Crippen molar-refractivity contribution in [1.82, 2.24) is 19.8 Å². The maximum Gasteiger partial charge on any atom is 0.178 e. The highest BCUT2D eigenvalue weighted by Crippen LogP contribution is 2.20. The van der Waals surface area contributed by atoms with Gasteiger partial charge in [-0.3, -0.25) is 0 Å². The molecule has 0 fully saturated rings. The van der Waals surface area contributed by atoms with Crippen molar-refractivity contribution in [1.29, 1.82) is 0 Å². The van der Waals surface area contributed by atoms with E-state index in [4.69, 9.17) is 0 Å². The van der Waals surface area contributed by atoms with Crippen LogP contribution in [0.3, 0.4) is 0 Å². The van der Waals surface area contributed by atoms with Gasteiger partial charge in [0.1, 0.15) is 5.82 Å². The quantitative estimate of drug-likeness (QED) is 0.801. The second kappa shape index (κ2) is 5.16. The molecule has 0 aliphatic heterocycles. The molecule has 0 radical (unpaired) electrons. The summed E-state index contributed by atoms with van der Waals surface area (Å²) < 4.78 is 1.75. The maximum atomic E-state index is 4.53. The summed E-state index contributed by atoms with van der Waals surface area (Å²) in [5.41, 5.74) is 4.57. The van der Waals surface area contributed by atoms with Gasteiger partial charge in [-0.1, -0.05) is 29.3 Å². The predicted molar refractivity (Wildman–Crippen MR) is 83.5 cm³/mol. The van der Waals surface area contributed by atoms with E-state index in [1.807, 2.05) is 19.1 Å². The normalized spacial score (nSPS) is 12.6. The van der Waals surface area contributed by atoms with Crippen LogP contribution in [-0.4, -0.2) is 19.8 Å². The van der Waals surface area contributed by atoms with E-state index in [0.717, 1.165) is 17.3 Å². The first-order chi connectivity index (χ1) is 10.0. The summed E-state index contributed by atoms with van der Waals surface area (Å²) in [6.07, 6.45) is 0. The van der Waals surface area contributed by atoms with Crippen LogP contribution in [0.15, 0.2) is 30.3 Å². The van der Waals surface area contributed by atoms with Crippen molar-refractivity contribution >= 4 is 11.5 Å². The Hall–Kier alpha value is -2.43. The number of nitrogens with zero attached hydrogens (tertiary/aromatic N) is 4. The fraction of sp³-hybridized carbons (Fsp3) is 0.312. The third-order valence-corrected chi connectivity index (χ3v) is 3.53. The van der Waals surface area contributed by atoms with Crippen LogP contribution in [0.25, 0.3) is 5.65 Å². The maximum absolute atomic E-state index is 4.53. The molecule has 0 saturated carbocycles. The molecule has 1 N–H and O–H groups in total. The zero-order chi connectivity index (χ0) is 15.0. The van der Waals surface area contributed by atoms with Crippen molar-refractivity contribution in [3.63, 3.8) is 0 Å². The highest BCUT2D eigenvalue weighted by Gasteiger charge is 2.09. The lowest BCUT2D eigenvalue weighted by Gasteiger charge is -2.16. The number of anilines is 1. The summed E-state index contributed by atoms with van der Waals surface area (Å²) in [5, 5.41) is 16.0. The summed E-state index contributed by atoms with van der Waals surface area (Å²) in [7, 11) is 0. The van der Waals surface area contributed by atoms with Gasteiger partial charge >= 0.3 is 0 Å². The van der Waals surface area contributed by atoms with Crippen LogP contribution in [0, 0.1) is 20.8 Å². The molecule has 3 rings (SSSR count). The van der Waals surface area contributed by atoms with Crippen molar-refractivity contribution in [2.45, 2.75) is 33.7 Å². The molecule has 108 valence electrons. The van der Waals surface area contributed by atoms with Gasteiger partial charge in [0.25, 0.3) is 0 Å². The first-order valence-electron chi connectivity index (χ1n) is 7.07. The summed E-state index contributed by atoms with van der Waals surface area (Å²) in [5.74, 6) is 1.60. The second-order valence-corrected chi connectivity index (χ2v) is 5.52. The molecule has 0 amide bonds. The lowest BCUT2D eigenvalue weighted by Crippen LogP contribution is -2.10. The Morgan fingerprint density at radius 2 is 1.71 bits per heavy atom. The number of rotatable bonds is 3. The number of aryl methyl sites for hydroxylation is 3. The van der Waals surface area contributed by atoms with Crippen LogP contribution >= 0.6 is 0 Å². The summed E-state index contributed by atoms with van der Waals surface area (Å²) in [6, 6.07) is 10.6. The monoisotopic (exact) mass is 281 g/mol. The van der Waals surface area contributed by atoms with Crippen molar-refractivity contribution in [3.8, 4) is 0 Å². The SMILES string of the molecule is Cc1cc(C)cc(C(C)Nc2ccc3nnc(C)n3n2)c1. The Bertz CT molecular complexity index is 770. The topological polar surface area (TPSA) is 55.1 Å². The molecule has 0 bridgehead atoms. The third-order valence-electron chi connectivity index (χ3n) is 3.53. The smallest absolute Gasteiger partial charge is 0.178 e.